The Morgan fingerprint density at radius 1 is 1.17 bits per heavy atom. The molecule has 1 aromatic heterocycles. The van der Waals surface area contributed by atoms with Crippen molar-refractivity contribution < 1.29 is 14.3 Å². The molecule has 3 aromatic rings. The van der Waals surface area contributed by atoms with Crippen LogP contribution in [0, 0.1) is 0 Å². The second-order valence-electron chi connectivity index (χ2n) is 6.65. The van der Waals surface area contributed by atoms with E-state index < -0.39 is 0 Å². The van der Waals surface area contributed by atoms with Gasteiger partial charge in [-0.25, -0.2) is 4.98 Å². The molecule has 0 saturated heterocycles. The first kappa shape index (κ1) is 20.7. The fraction of sp³-hybridized carbons (Fsp3) is 0.286. The van der Waals surface area contributed by atoms with Crippen LogP contribution in [0.5, 0.6) is 11.5 Å². The monoisotopic (exact) mass is 412 g/mol. The van der Waals surface area contributed by atoms with Gasteiger partial charge in [-0.05, 0) is 35.7 Å². The fourth-order valence-corrected chi connectivity index (χ4v) is 3.15. The van der Waals surface area contributed by atoms with Crippen LogP contribution in [-0.4, -0.2) is 34.0 Å². The first-order chi connectivity index (χ1) is 14.0. The molecule has 2 aromatic carbocycles. The summed E-state index contributed by atoms with van der Waals surface area (Å²) in [5.41, 5.74) is 1.95. The van der Waals surface area contributed by atoms with Crippen LogP contribution in [0.1, 0.15) is 31.2 Å². The number of aromatic amines is 1. The van der Waals surface area contributed by atoms with E-state index in [1.54, 1.807) is 19.2 Å². The summed E-state index contributed by atoms with van der Waals surface area (Å²) in [4.78, 5) is 16.5. The lowest BCUT2D eigenvalue weighted by atomic mass is 10.0. The van der Waals surface area contributed by atoms with E-state index in [-0.39, 0.29) is 18.3 Å². The number of H-pyrrole nitrogens is 1. The van der Waals surface area contributed by atoms with Gasteiger partial charge < -0.3 is 14.8 Å². The van der Waals surface area contributed by atoms with Gasteiger partial charge in [-0.2, -0.15) is 0 Å². The van der Waals surface area contributed by atoms with Crippen LogP contribution < -0.4 is 14.8 Å². The summed E-state index contributed by atoms with van der Waals surface area (Å²) < 4.78 is 10.9. The van der Waals surface area contributed by atoms with Crippen molar-refractivity contribution in [2.75, 3.05) is 18.2 Å². The van der Waals surface area contributed by atoms with Crippen molar-refractivity contribution in [2.24, 2.45) is 0 Å². The molecule has 0 saturated carbocycles. The highest BCUT2D eigenvalue weighted by Crippen LogP contribution is 2.20. The number of ether oxygens (including phenoxy) is 2. The van der Waals surface area contributed by atoms with E-state index in [4.69, 9.17) is 9.47 Å². The van der Waals surface area contributed by atoms with Gasteiger partial charge in [-0.3, -0.25) is 9.89 Å². The standard InChI is InChI=1S/C21H24N4O3S/c1-14(2)15-7-9-17(10-8-15)28-12-19-23-21(25-24-19)29-13-20(26)22-16-5-4-6-18(11-16)27-3/h4-11,14H,12-13H2,1-3H3,(H,22,26)(H,23,24,25). The number of carbonyl (C=O) groups excluding carboxylic acids is 1. The molecule has 0 unspecified atom stereocenters. The molecule has 0 aliphatic rings. The zero-order valence-corrected chi connectivity index (χ0v) is 17.5. The lowest BCUT2D eigenvalue weighted by Gasteiger charge is -2.07. The molecular formula is C21H24N4O3S. The normalized spacial score (nSPS) is 10.8. The molecule has 0 atom stereocenters. The maximum absolute atomic E-state index is 12.1. The largest absolute Gasteiger partial charge is 0.497 e. The minimum atomic E-state index is -0.143. The minimum absolute atomic E-state index is 0.143. The predicted molar refractivity (Wildman–Crippen MR) is 114 cm³/mol. The smallest absolute Gasteiger partial charge is 0.234 e. The molecule has 0 fully saturated rings. The molecule has 0 spiro atoms. The highest BCUT2D eigenvalue weighted by atomic mass is 32.2. The number of nitrogens with one attached hydrogen (secondary N) is 2. The van der Waals surface area contributed by atoms with Crippen molar-refractivity contribution in [3.8, 4) is 11.5 Å². The van der Waals surface area contributed by atoms with Gasteiger partial charge in [0.25, 0.3) is 0 Å². The molecule has 29 heavy (non-hydrogen) atoms. The number of thioether (sulfide) groups is 1. The second-order valence-corrected chi connectivity index (χ2v) is 7.59. The minimum Gasteiger partial charge on any atom is -0.497 e. The molecule has 8 heteroatoms. The lowest BCUT2D eigenvalue weighted by Crippen LogP contribution is -2.14. The number of hydrogen-bond donors (Lipinski definition) is 2. The van der Waals surface area contributed by atoms with Gasteiger partial charge in [0.2, 0.25) is 11.1 Å². The summed E-state index contributed by atoms with van der Waals surface area (Å²) in [6.07, 6.45) is 0. The first-order valence-corrected chi connectivity index (χ1v) is 10.2. The van der Waals surface area contributed by atoms with Gasteiger partial charge >= 0.3 is 0 Å². The van der Waals surface area contributed by atoms with Crippen molar-refractivity contribution >= 4 is 23.4 Å². The number of rotatable bonds is 9. The third kappa shape index (κ3) is 6.25. The van der Waals surface area contributed by atoms with Gasteiger partial charge in [-0.1, -0.05) is 43.8 Å². The Labute approximate surface area is 174 Å². The Kier molecular flexibility index (Phi) is 7.13. The molecule has 1 heterocycles. The third-order valence-corrected chi connectivity index (χ3v) is 4.97. The average Bonchev–Trinajstić information content (AvgIpc) is 3.19. The Morgan fingerprint density at radius 3 is 2.69 bits per heavy atom. The van der Waals surface area contributed by atoms with E-state index in [1.165, 1.54) is 17.3 Å². The van der Waals surface area contributed by atoms with Gasteiger partial charge in [0.1, 0.15) is 18.1 Å². The predicted octanol–water partition coefficient (Wildman–Crippen LogP) is 4.25. The molecule has 152 valence electrons. The van der Waals surface area contributed by atoms with Crippen molar-refractivity contribution in [2.45, 2.75) is 31.5 Å². The van der Waals surface area contributed by atoms with Crippen LogP contribution in [0.25, 0.3) is 0 Å². The van der Waals surface area contributed by atoms with E-state index in [1.807, 2.05) is 24.3 Å². The highest BCUT2D eigenvalue weighted by molar-refractivity contribution is 7.99. The molecule has 0 aliphatic heterocycles. The number of anilines is 1. The van der Waals surface area contributed by atoms with E-state index in [0.29, 0.717) is 28.3 Å². The third-order valence-electron chi connectivity index (χ3n) is 4.12. The van der Waals surface area contributed by atoms with Crippen LogP contribution >= 0.6 is 11.8 Å². The highest BCUT2D eigenvalue weighted by Gasteiger charge is 2.09. The van der Waals surface area contributed by atoms with Crippen LogP contribution in [-0.2, 0) is 11.4 Å². The quantitative estimate of drug-likeness (QED) is 0.511. The van der Waals surface area contributed by atoms with Crippen molar-refractivity contribution in [3.63, 3.8) is 0 Å². The molecule has 2 N–H and O–H groups in total. The summed E-state index contributed by atoms with van der Waals surface area (Å²) in [5.74, 6) is 2.61. The molecular weight excluding hydrogens is 388 g/mol. The first-order valence-electron chi connectivity index (χ1n) is 9.24. The molecule has 0 aliphatic carbocycles. The van der Waals surface area contributed by atoms with Crippen LogP contribution in [0.15, 0.2) is 53.7 Å². The lowest BCUT2D eigenvalue weighted by molar-refractivity contribution is -0.113. The van der Waals surface area contributed by atoms with Gasteiger partial charge in [0, 0.05) is 11.8 Å². The molecule has 3 rings (SSSR count). The number of benzene rings is 2. The van der Waals surface area contributed by atoms with Crippen LogP contribution in [0.3, 0.4) is 0 Å². The van der Waals surface area contributed by atoms with Gasteiger partial charge in [0.15, 0.2) is 5.82 Å². The SMILES string of the molecule is COc1cccc(NC(=O)CSc2n[nH]c(COc3ccc(C(C)C)cc3)n2)c1. The van der Waals surface area contributed by atoms with E-state index in [2.05, 4.69) is 46.5 Å². The van der Waals surface area contributed by atoms with Crippen molar-refractivity contribution in [1.82, 2.24) is 15.2 Å². The molecule has 0 radical (unpaired) electrons. The van der Waals surface area contributed by atoms with Crippen LogP contribution in [0.4, 0.5) is 5.69 Å². The summed E-state index contributed by atoms with van der Waals surface area (Å²) in [5, 5.41) is 10.3. The van der Waals surface area contributed by atoms with E-state index in [0.717, 1.165) is 5.75 Å². The number of carbonyl (C=O) groups is 1. The topological polar surface area (TPSA) is 89.1 Å². The number of nitrogens with zero attached hydrogens (tertiary/aromatic N) is 2. The Balaban J connectivity index is 1.45. The zero-order chi connectivity index (χ0) is 20.6. The zero-order valence-electron chi connectivity index (χ0n) is 16.6. The molecule has 1 amide bonds. The maximum Gasteiger partial charge on any atom is 0.234 e. The Morgan fingerprint density at radius 2 is 1.97 bits per heavy atom. The van der Waals surface area contributed by atoms with Crippen LogP contribution in [0.2, 0.25) is 0 Å². The molecule has 0 bridgehead atoms. The van der Waals surface area contributed by atoms with Gasteiger partial charge in [0.05, 0.1) is 12.9 Å². The number of methoxy groups -OCH3 is 1. The summed E-state index contributed by atoms with van der Waals surface area (Å²) >= 11 is 1.25. The Bertz CT molecular complexity index is 941. The Hall–Kier alpha value is -3.00. The van der Waals surface area contributed by atoms with Crippen molar-refractivity contribution in [1.29, 1.82) is 0 Å². The number of hydrogen-bond acceptors (Lipinski definition) is 6. The summed E-state index contributed by atoms with van der Waals surface area (Å²) in [6.45, 7) is 4.59. The van der Waals surface area contributed by atoms with E-state index >= 15 is 0 Å². The van der Waals surface area contributed by atoms with E-state index in [9.17, 15) is 4.79 Å². The maximum atomic E-state index is 12.1. The number of amides is 1. The summed E-state index contributed by atoms with van der Waals surface area (Å²) in [7, 11) is 1.59. The number of aromatic nitrogens is 3. The average molecular weight is 413 g/mol. The fourth-order valence-electron chi connectivity index (χ4n) is 2.54. The molecule has 7 nitrogen and oxygen atoms in total. The second kappa shape index (κ2) is 9.97. The van der Waals surface area contributed by atoms with Crippen molar-refractivity contribution in [3.05, 3.63) is 59.9 Å². The van der Waals surface area contributed by atoms with Gasteiger partial charge in [-0.15, -0.1) is 5.10 Å². The summed E-state index contributed by atoms with van der Waals surface area (Å²) in [6, 6.07) is 15.2.